The molecule has 0 unspecified atom stereocenters. The molecule has 1 aromatic heterocycles. The molecule has 1 heterocycles. The maximum atomic E-state index is 12.4. The van der Waals surface area contributed by atoms with E-state index in [1.807, 2.05) is 0 Å². The highest BCUT2D eigenvalue weighted by atomic mass is 19.4. The number of aromatic hydroxyl groups is 1. The van der Waals surface area contributed by atoms with Gasteiger partial charge in [0.2, 0.25) is 5.88 Å². The summed E-state index contributed by atoms with van der Waals surface area (Å²) in [6.45, 7) is 0. The van der Waals surface area contributed by atoms with Crippen LogP contribution in [0.3, 0.4) is 0 Å². The van der Waals surface area contributed by atoms with Crippen molar-refractivity contribution >= 4 is 28.3 Å². The Balaban J connectivity index is 1.80. The molecule has 0 spiro atoms. The van der Waals surface area contributed by atoms with Crippen molar-refractivity contribution in [3.8, 4) is 17.4 Å². The highest BCUT2D eigenvalue weighted by Crippen LogP contribution is 2.38. The Hall–Kier alpha value is -3.76. The van der Waals surface area contributed by atoms with E-state index in [1.54, 1.807) is 24.3 Å². The van der Waals surface area contributed by atoms with Crippen molar-refractivity contribution in [1.82, 2.24) is 4.98 Å². The van der Waals surface area contributed by atoms with Crippen LogP contribution in [0.5, 0.6) is 17.4 Å². The number of hydrogen-bond donors (Lipinski definition) is 3. The predicted molar refractivity (Wildman–Crippen MR) is 93.2 cm³/mol. The van der Waals surface area contributed by atoms with Crippen molar-refractivity contribution in [2.45, 2.75) is 6.36 Å². The van der Waals surface area contributed by atoms with Gasteiger partial charge in [0.25, 0.3) is 0 Å². The molecule has 2 aromatic carbocycles. The van der Waals surface area contributed by atoms with Gasteiger partial charge < -0.3 is 24.9 Å². The van der Waals surface area contributed by atoms with Gasteiger partial charge in [0.15, 0.2) is 5.69 Å². The third-order valence-electron chi connectivity index (χ3n) is 3.54. The number of halogens is 3. The molecule has 0 saturated heterocycles. The van der Waals surface area contributed by atoms with E-state index in [0.29, 0.717) is 11.4 Å². The number of aromatic amines is 1. The molecule has 28 heavy (non-hydrogen) atoms. The standard InChI is InChI=1S/C17H13F3N4O4/c1-27-10-4-2-9(3-5-10)21-16(26)24-23-14-12-8-11(28-17(18,19)20)6-7-13(12)22-15(14)25/h2-8,22,25H,1H3,(H,21,26). The summed E-state index contributed by atoms with van der Waals surface area (Å²) in [5, 5.41) is 19.5. The fourth-order valence-corrected chi connectivity index (χ4v) is 2.36. The second kappa shape index (κ2) is 7.47. The van der Waals surface area contributed by atoms with Gasteiger partial charge >= 0.3 is 12.4 Å². The summed E-state index contributed by atoms with van der Waals surface area (Å²) >= 11 is 0. The lowest BCUT2D eigenvalue weighted by atomic mass is 10.2. The molecule has 0 aliphatic carbocycles. The number of methoxy groups -OCH3 is 1. The van der Waals surface area contributed by atoms with Crippen molar-refractivity contribution in [3.05, 3.63) is 42.5 Å². The Morgan fingerprint density at radius 1 is 1.14 bits per heavy atom. The number of urea groups is 1. The van der Waals surface area contributed by atoms with Crippen LogP contribution in [0.15, 0.2) is 52.7 Å². The quantitative estimate of drug-likeness (QED) is 0.535. The number of aromatic nitrogens is 1. The molecule has 0 fully saturated rings. The lowest BCUT2D eigenvalue weighted by Gasteiger charge is -2.08. The SMILES string of the molecule is COc1ccc(NC(=O)N=Nc2c(O)[nH]c3ccc(OC(F)(F)F)cc23)cc1. The topological polar surface area (TPSA) is 108 Å². The maximum absolute atomic E-state index is 12.4. The number of azo groups is 1. The number of nitrogens with zero attached hydrogens (tertiary/aromatic N) is 2. The normalized spacial score (nSPS) is 11.7. The van der Waals surface area contributed by atoms with Gasteiger partial charge in [0.1, 0.15) is 11.5 Å². The minimum atomic E-state index is -4.87. The average molecular weight is 394 g/mol. The van der Waals surface area contributed by atoms with E-state index in [0.717, 1.165) is 12.1 Å². The molecule has 0 atom stereocenters. The van der Waals surface area contributed by atoms with Crippen LogP contribution in [-0.4, -0.2) is 29.6 Å². The number of benzene rings is 2. The van der Waals surface area contributed by atoms with Crippen LogP contribution in [0.25, 0.3) is 10.9 Å². The van der Waals surface area contributed by atoms with Crippen LogP contribution >= 0.6 is 0 Å². The zero-order valence-corrected chi connectivity index (χ0v) is 14.2. The number of carbonyl (C=O) groups is 1. The van der Waals surface area contributed by atoms with Gasteiger partial charge in [-0.15, -0.1) is 18.3 Å². The van der Waals surface area contributed by atoms with Gasteiger partial charge in [-0.2, -0.15) is 0 Å². The highest BCUT2D eigenvalue weighted by molar-refractivity contribution is 5.96. The van der Waals surface area contributed by atoms with Gasteiger partial charge in [-0.25, -0.2) is 4.79 Å². The molecule has 3 N–H and O–H groups in total. The van der Waals surface area contributed by atoms with Crippen LogP contribution in [0.2, 0.25) is 0 Å². The molecule has 2 amide bonds. The van der Waals surface area contributed by atoms with E-state index in [2.05, 4.69) is 25.3 Å². The number of hydrogen-bond acceptors (Lipinski definition) is 5. The summed E-state index contributed by atoms with van der Waals surface area (Å²) < 4.78 is 46.0. The molecular formula is C17H13F3N4O4. The Labute approximate surface area is 155 Å². The summed E-state index contributed by atoms with van der Waals surface area (Å²) in [5.74, 6) is -0.362. The Bertz CT molecular complexity index is 1030. The number of anilines is 1. The van der Waals surface area contributed by atoms with Crippen LogP contribution in [-0.2, 0) is 0 Å². The minimum absolute atomic E-state index is 0.0975. The number of nitrogens with one attached hydrogen (secondary N) is 2. The van der Waals surface area contributed by atoms with E-state index in [1.165, 1.54) is 13.2 Å². The number of carbonyl (C=O) groups excluding carboxylic acids is 1. The molecule has 0 aliphatic rings. The zero-order chi connectivity index (χ0) is 20.3. The first kappa shape index (κ1) is 19.0. The van der Waals surface area contributed by atoms with Gasteiger partial charge in [-0.05, 0) is 42.5 Å². The summed E-state index contributed by atoms with van der Waals surface area (Å²) in [6.07, 6.45) is -4.87. The molecule has 0 saturated carbocycles. The van der Waals surface area contributed by atoms with E-state index >= 15 is 0 Å². The van der Waals surface area contributed by atoms with Gasteiger partial charge in [0.05, 0.1) is 12.6 Å². The lowest BCUT2D eigenvalue weighted by Crippen LogP contribution is -2.16. The van der Waals surface area contributed by atoms with Gasteiger partial charge in [-0.1, -0.05) is 5.11 Å². The number of fused-ring (bicyclic) bond motifs is 1. The number of ether oxygens (including phenoxy) is 2. The van der Waals surface area contributed by atoms with Gasteiger partial charge in [0, 0.05) is 11.1 Å². The van der Waals surface area contributed by atoms with Crippen LogP contribution in [0, 0.1) is 0 Å². The molecule has 146 valence electrons. The molecule has 3 rings (SSSR count). The molecule has 11 heteroatoms. The third kappa shape index (κ3) is 4.50. The minimum Gasteiger partial charge on any atom is -0.497 e. The first-order valence-corrected chi connectivity index (χ1v) is 7.72. The largest absolute Gasteiger partial charge is 0.573 e. The smallest absolute Gasteiger partial charge is 0.497 e. The van der Waals surface area contributed by atoms with Crippen molar-refractivity contribution < 1.29 is 32.5 Å². The second-order valence-corrected chi connectivity index (χ2v) is 5.44. The van der Waals surface area contributed by atoms with Crippen molar-refractivity contribution in [3.63, 3.8) is 0 Å². The summed E-state index contributed by atoms with van der Waals surface area (Å²) in [7, 11) is 1.50. The Kier molecular flexibility index (Phi) is 5.07. The van der Waals surface area contributed by atoms with E-state index in [9.17, 15) is 23.1 Å². The molecule has 0 bridgehead atoms. The number of alkyl halides is 3. The monoisotopic (exact) mass is 394 g/mol. The molecule has 3 aromatic rings. The van der Waals surface area contributed by atoms with Crippen LogP contribution in [0.1, 0.15) is 0 Å². The van der Waals surface area contributed by atoms with Crippen molar-refractivity contribution in [2.75, 3.05) is 12.4 Å². The number of H-pyrrole nitrogens is 1. The zero-order valence-electron chi connectivity index (χ0n) is 14.2. The molecular weight excluding hydrogens is 381 g/mol. The maximum Gasteiger partial charge on any atom is 0.573 e. The first-order valence-electron chi connectivity index (χ1n) is 7.72. The highest BCUT2D eigenvalue weighted by Gasteiger charge is 2.31. The fraction of sp³-hybridized carbons (Fsp3) is 0.118. The van der Waals surface area contributed by atoms with E-state index < -0.39 is 24.0 Å². The summed E-state index contributed by atoms with van der Waals surface area (Å²) in [6, 6.07) is 8.93. The van der Waals surface area contributed by atoms with Crippen LogP contribution < -0.4 is 14.8 Å². The molecule has 0 aliphatic heterocycles. The lowest BCUT2D eigenvalue weighted by molar-refractivity contribution is -0.274. The summed E-state index contributed by atoms with van der Waals surface area (Å²) in [5.41, 5.74) is 0.512. The van der Waals surface area contributed by atoms with Crippen molar-refractivity contribution in [2.24, 2.45) is 10.2 Å². The predicted octanol–water partition coefficient (Wildman–Crippen LogP) is 5.10. The Morgan fingerprint density at radius 3 is 2.46 bits per heavy atom. The number of rotatable bonds is 4. The fourth-order valence-electron chi connectivity index (χ4n) is 2.36. The molecule has 8 nitrogen and oxygen atoms in total. The van der Waals surface area contributed by atoms with Crippen LogP contribution in [0.4, 0.5) is 29.3 Å². The Morgan fingerprint density at radius 2 is 1.82 bits per heavy atom. The van der Waals surface area contributed by atoms with E-state index in [4.69, 9.17) is 4.74 Å². The van der Waals surface area contributed by atoms with Crippen molar-refractivity contribution in [1.29, 1.82) is 0 Å². The number of amides is 2. The van der Waals surface area contributed by atoms with E-state index in [-0.39, 0.29) is 16.6 Å². The summed E-state index contributed by atoms with van der Waals surface area (Å²) in [4.78, 5) is 14.4. The average Bonchev–Trinajstić information content (AvgIpc) is 2.94. The first-order chi connectivity index (χ1) is 13.2. The molecule has 0 radical (unpaired) electrons. The second-order valence-electron chi connectivity index (χ2n) is 5.44. The van der Waals surface area contributed by atoms with Gasteiger partial charge in [-0.3, -0.25) is 0 Å². The third-order valence-corrected chi connectivity index (χ3v) is 3.54.